The van der Waals surface area contributed by atoms with Gasteiger partial charge in [0.1, 0.15) is 6.54 Å². The number of aliphatic imine (C=N–C) groups is 1. The summed E-state index contributed by atoms with van der Waals surface area (Å²) in [5.41, 5.74) is 2.42. The molecule has 0 saturated carbocycles. The number of carbonyl (C=O) groups is 1. The Morgan fingerprint density at radius 3 is 2.47 bits per heavy atom. The molecule has 0 aromatic rings. The molecule has 15 heavy (non-hydrogen) atoms. The van der Waals surface area contributed by atoms with Crippen LogP contribution in [-0.4, -0.2) is 44.0 Å². The Balaban J connectivity index is 4.05. The quantitative estimate of drug-likeness (QED) is 0.247. The number of guanidine groups is 1. The summed E-state index contributed by atoms with van der Waals surface area (Å²) in [5, 5.41) is 3.01. The van der Waals surface area contributed by atoms with E-state index in [9.17, 15) is 4.79 Å². The summed E-state index contributed by atoms with van der Waals surface area (Å²) in [4.78, 5) is 16.7. The first-order valence-corrected chi connectivity index (χ1v) is 4.92. The predicted octanol–water partition coefficient (Wildman–Crippen LogP) is -0.860. The molecule has 0 spiro atoms. The van der Waals surface area contributed by atoms with Crippen molar-refractivity contribution in [1.82, 2.24) is 15.6 Å². The monoisotopic (exact) mass is 215 g/mol. The second kappa shape index (κ2) is 7.05. The standard InChI is InChI=1S/C9H21N5O/c1-7(2)5-11-9(13-10)12-6-8(15)14(3)4/h7H,5-6,10H2,1-4H3,(H2,11,12,13). The van der Waals surface area contributed by atoms with Crippen molar-refractivity contribution in [1.29, 1.82) is 0 Å². The van der Waals surface area contributed by atoms with Crippen LogP contribution >= 0.6 is 0 Å². The summed E-state index contributed by atoms with van der Waals surface area (Å²) in [6, 6.07) is 0. The average Bonchev–Trinajstić information content (AvgIpc) is 2.17. The van der Waals surface area contributed by atoms with E-state index in [1.54, 1.807) is 14.1 Å². The van der Waals surface area contributed by atoms with E-state index >= 15 is 0 Å². The van der Waals surface area contributed by atoms with Gasteiger partial charge in [-0.25, -0.2) is 10.8 Å². The van der Waals surface area contributed by atoms with Crippen LogP contribution in [0.1, 0.15) is 13.8 Å². The molecule has 6 heteroatoms. The van der Waals surface area contributed by atoms with Crippen LogP contribution in [0.3, 0.4) is 0 Å². The number of hydrogen-bond acceptors (Lipinski definition) is 3. The van der Waals surface area contributed by atoms with Crippen molar-refractivity contribution in [3.05, 3.63) is 0 Å². The van der Waals surface area contributed by atoms with E-state index < -0.39 is 0 Å². The number of nitrogens with two attached hydrogens (primary N) is 1. The van der Waals surface area contributed by atoms with Gasteiger partial charge in [-0.05, 0) is 5.92 Å². The second-order valence-electron chi connectivity index (χ2n) is 3.87. The molecule has 88 valence electrons. The highest BCUT2D eigenvalue weighted by Crippen LogP contribution is 1.87. The van der Waals surface area contributed by atoms with Crippen molar-refractivity contribution in [2.75, 3.05) is 27.2 Å². The number of nitrogens with one attached hydrogen (secondary N) is 2. The van der Waals surface area contributed by atoms with E-state index in [1.165, 1.54) is 4.90 Å². The van der Waals surface area contributed by atoms with Crippen molar-refractivity contribution < 1.29 is 4.79 Å². The van der Waals surface area contributed by atoms with Gasteiger partial charge < -0.3 is 10.2 Å². The van der Waals surface area contributed by atoms with Crippen LogP contribution in [0.2, 0.25) is 0 Å². The topological polar surface area (TPSA) is 82.8 Å². The molecule has 0 aliphatic heterocycles. The lowest BCUT2D eigenvalue weighted by Gasteiger charge is -2.12. The predicted molar refractivity (Wildman–Crippen MR) is 61.2 cm³/mol. The summed E-state index contributed by atoms with van der Waals surface area (Å²) < 4.78 is 0. The molecule has 0 aliphatic rings. The van der Waals surface area contributed by atoms with Crippen molar-refractivity contribution in [2.45, 2.75) is 13.8 Å². The fourth-order valence-corrected chi connectivity index (χ4v) is 0.741. The molecule has 0 aromatic heterocycles. The molecule has 6 nitrogen and oxygen atoms in total. The molecule has 0 heterocycles. The minimum absolute atomic E-state index is 0.0610. The van der Waals surface area contributed by atoms with E-state index in [2.05, 4.69) is 29.6 Å². The zero-order chi connectivity index (χ0) is 11.8. The van der Waals surface area contributed by atoms with Crippen molar-refractivity contribution in [2.24, 2.45) is 16.8 Å². The fourth-order valence-electron chi connectivity index (χ4n) is 0.741. The second-order valence-corrected chi connectivity index (χ2v) is 3.87. The number of hydrogen-bond donors (Lipinski definition) is 3. The molecule has 0 fully saturated rings. The van der Waals surface area contributed by atoms with Crippen LogP contribution in [0.4, 0.5) is 0 Å². The van der Waals surface area contributed by atoms with Gasteiger partial charge in [0.05, 0.1) is 0 Å². The van der Waals surface area contributed by atoms with Gasteiger partial charge in [-0.2, -0.15) is 0 Å². The third kappa shape index (κ3) is 6.73. The van der Waals surface area contributed by atoms with Crippen LogP contribution in [0, 0.1) is 5.92 Å². The van der Waals surface area contributed by atoms with Gasteiger partial charge in [0.15, 0.2) is 0 Å². The number of amides is 1. The van der Waals surface area contributed by atoms with Gasteiger partial charge in [-0.15, -0.1) is 0 Å². The first kappa shape index (κ1) is 13.7. The SMILES string of the molecule is CC(C)CNC(=NCC(=O)N(C)C)NN. The van der Waals surface area contributed by atoms with Crippen LogP contribution in [-0.2, 0) is 4.79 Å². The Kier molecular flexibility index (Phi) is 6.44. The van der Waals surface area contributed by atoms with Gasteiger partial charge in [0.25, 0.3) is 0 Å². The molecule has 0 bridgehead atoms. The number of carbonyl (C=O) groups excluding carboxylic acids is 1. The minimum atomic E-state index is -0.0610. The molecule has 0 aromatic carbocycles. The Morgan fingerprint density at radius 2 is 2.07 bits per heavy atom. The Hall–Kier alpha value is -1.30. The molecule has 0 rings (SSSR count). The lowest BCUT2D eigenvalue weighted by atomic mass is 10.2. The van der Waals surface area contributed by atoms with Crippen LogP contribution in [0.15, 0.2) is 4.99 Å². The third-order valence-corrected chi connectivity index (χ3v) is 1.69. The van der Waals surface area contributed by atoms with E-state index in [4.69, 9.17) is 5.84 Å². The van der Waals surface area contributed by atoms with Crippen LogP contribution in [0.5, 0.6) is 0 Å². The molecule has 0 aliphatic carbocycles. The molecule has 1 amide bonds. The average molecular weight is 215 g/mol. The van der Waals surface area contributed by atoms with E-state index in [0.29, 0.717) is 11.9 Å². The molecule has 0 radical (unpaired) electrons. The third-order valence-electron chi connectivity index (χ3n) is 1.69. The maximum absolute atomic E-state index is 11.2. The molecule has 4 N–H and O–H groups in total. The first-order chi connectivity index (χ1) is 6.97. The maximum atomic E-state index is 11.2. The normalized spacial score (nSPS) is 11.5. The van der Waals surface area contributed by atoms with E-state index in [1.807, 2.05) is 0 Å². The van der Waals surface area contributed by atoms with Gasteiger partial charge in [-0.1, -0.05) is 13.8 Å². The van der Waals surface area contributed by atoms with Crippen molar-refractivity contribution in [3.63, 3.8) is 0 Å². The van der Waals surface area contributed by atoms with Gasteiger partial charge >= 0.3 is 0 Å². The zero-order valence-corrected chi connectivity index (χ0v) is 9.87. The highest BCUT2D eigenvalue weighted by molar-refractivity contribution is 5.84. The van der Waals surface area contributed by atoms with Crippen molar-refractivity contribution in [3.8, 4) is 0 Å². The number of nitrogens with zero attached hydrogens (tertiary/aromatic N) is 2. The van der Waals surface area contributed by atoms with Gasteiger partial charge in [-0.3, -0.25) is 10.2 Å². The smallest absolute Gasteiger partial charge is 0.243 e. The Labute approximate surface area is 90.9 Å². The number of rotatable bonds is 4. The lowest BCUT2D eigenvalue weighted by molar-refractivity contribution is -0.127. The highest BCUT2D eigenvalue weighted by atomic mass is 16.2. The maximum Gasteiger partial charge on any atom is 0.243 e. The fraction of sp³-hybridized carbons (Fsp3) is 0.778. The lowest BCUT2D eigenvalue weighted by Crippen LogP contribution is -2.43. The minimum Gasteiger partial charge on any atom is -0.355 e. The molecular formula is C9H21N5O. The largest absolute Gasteiger partial charge is 0.355 e. The summed E-state index contributed by atoms with van der Waals surface area (Å²) in [7, 11) is 3.38. The zero-order valence-electron chi connectivity index (χ0n) is 9.87. The molecule has 0 atom stereocenters. The molecule has 0 unspecified atom stereocenters. The van der Waals surface area contributed by atoms with Crippen molar-refractivity contribution >= 4 is 11.9 Å². The summed E-state index contributed by atoms with van der Waals surface area (Å²) >= 11 is 0. The van der Waals surface area contributed by atoms with Gasteiger partial charge in [0, 0.05) is 20.6 Å². The first-order valence-electron chi connectivity index (χ1n) is 4.92. The van der Waals surface area contributed by atoms with Gasteiger partial charge in [0.2, 0.25) is 11.9 Å². The Morgan fingerprint density at radius 1 is 1.47 bits per heavy atom. The summed E-state index contributed by atoms with van der Waals surface area (Å²) in [5.74, 6) is 6.13. The molecular weight excluding hydrogens is 194 g/mol. The highest BCUT2D eigenvalue weighted by Gasteiger charge is 2.03. The van der Waals surface area contributed by atoms with Crippen LogP contribution < -0.4 is 16.6 Å². The Bertz CT molecular complexity index is 225. The summed E-state index contributed by atoms with van der Waals surface area (Å²) in [6.07, 6.45) is 0. The summed E-state index contributed by atoms with van der Waals surface area (Å²) in [6.45, 7) is 5.01. The number of likely N-dealkylation sites (N-methyl/N-ethyl adjacent to an activating group) is 1. The van der Waals surface area contributed by atoms with E-state index in [-0.39, 0.29) is 12.5 Å². The van der Waals surface area contributed by atoms with Crippen LogP contribution in [0.25, 0.3) is 0 Å². The number of hydrazine groups is 1. The van der Waals surface area contributed by atoms with E-state index in [0.717, 1.165) is 6.54 Å². The molecule has 0 saturated heterocycles.